The Bertz CT molecular complexity index is 511. The maximum Gasteiger partial charge on any atom is 0.195 e. The SMILES string of the molecule is COc1ccc(-c2coc(CCN)n2)c(Cl)c1. The lowest BCUT2D eigenvalue weighted by molar-refractivity contribution is 0.415. The second-order valence-electron chi connectivity index (χ2n) is 3.51. The number of nitrogens with two attached hydrogens (primary N) is 1. The second kappa shape index (κ2) is 5.21. The van der Waals surface area contributed by atoms with Crippen LogP contribution in [0.3, 0.4) is 0 Å². The van der Waals surface area contributed by atoms with Crippen LogP contribution in [0.1, 0.15) is 5.89 Å². The Hall–Kier alpha value is -1.52. The third-order valence-electron chi connectivity index (χ3n) is 2.36. The molecule has 0 aliphatic carbocycles. The first-order valence-electron chi connectivity index (χ1n) is 5.23. The molecule has 2 rings (SSSR count). The van der Waals surface area contributed by atoms with E-state index in [-0.39, 0.29) is 0 Å². The standard InChI is InChI=1S/C12H13ClN2O2/c1-16-8-2-3-9(10(13)6-8)11-7-17-12(15-11)4-5-14/h2-3,6-7H,4-5,14H2,1H3. The summed E-state index contributed by atoms with van der Waals surface area (Å²) in [5.74, 6) is 1.33. The van der Waals surface area contributed by atoms with Crippen molar-refractivity contribution in [2.45, 2.75) is 6.42 Å². The molecule has 17 heavy (non-hydrogen) atoms. The summed E-state index contributed by atoms with van der Waals surface area (Å²) in [7, 11) is 1.60. The van der Waals surface area contributed by atoms with E-state index in [2.05, 4.69) is 4.98 Å². The summed E-state index contributed by atoms with van der Waals surface area (Å²) < 4.78 is 10.4. The van der Waals surface area contributed by atoms with Crippen molar-refractivity contribution in [2.24, 2.45) is 5.73 Å². The molecule has 4 nitrogen and oxygen atoms in total. The van der Waals surface area contributed by atoms with Crippen LogP contribution in [0.4, 0.5) is 0 Å². The highest BCUT2D eigenvalue weighted by Crippen LogP contribution is 2.30. The molecule has 0 saturated heterocycles. The summed E-state index contributed by atoms with van der Waals surface area (Å²) >= 11 is 6.14. The van der Waals surface area contributed by atoms with Gasteiger partial charge in [0.15, 0.2) is 5.89 Å². The number of rotatable bonds is 4. The summed E-state index contributed by atoms with van der Waals surface area (Å²) in [6, 6.07) is 5.43. The molecule has 2 N–H and O–H groups in total. The van der Waals surface area contributed by atoms with Gasteiger partial charge in [-0.1, -0.05) is 11.6 Å². The lowest BCUT2D eigenvalue weighted by Crippen LogP contribution is -2.02. The molecule has 2 aromatic rings. The fourth-order valence-corrected chi connectivity index (χ4v) is 1.77. The van der Waals surface area contributed by atoms with Gasteiger partial charge in [-0.2, -0.15) is 0 Å². The molecule has 90 valence electrons. The highest BCUT2D eigenvalue weighted by atomic mass is 35.5. The van der Waals surface area contributed by atoms with Crippen LogP contribution >= 0.6 is 11.6 Å². The minimum atomic E-state index is 0.510. The topological polar surface area (TPSA) is 61.3 Å². The van der Waals surface area contributed by atoms with Gasteiger partial charge in [0.25, 0.3) is 0 Å². The fraction of sp³-hybridized carbons (Fsp3) is 0.250. The van der Waals surface area contributed by atoms with Crippen molar-refractivity contribution in [3.63, 3.8) is 0 Å². The summed E-state index contributed by atoms with van der Waals surface area (Å²) in [6.07, 6.45) is 2.20. The molecule has 5 heteroatoms. The van der Waals surface area contributed by atoms with Crippen LogP contribution < -0.4 is 10.5 Å². The number of halogens is 1. The van der Waals surface area contributed by atoms with Gasteiger partial charge in [0.2, 0.25) is 0 Å². The zero-order valence-electron chi connectivity index (χ0n) is 9.44. The lowest BCUT2D eigenvalue weighted by atomic mass is 10.1. The molecule has 1 aromatic carbocycles. The molecule has 1 heterocycles. The van der Waals surface area contributed by atoms with Crippen LogP contribution in [-0.2, 0) is 6.42 Å². The van der Waals surface area contributed by atoms with Crippen molar-refractivity contribution in [2.75, 3.05) is 13.7 Å². The number of methoxy groups -OCH3 is 1. The van der Waals surface area contributed by atoms with Crippen LogP contribution in [0.15, 0.2) is 28.9 Å². The van der Waals surface area contributed by atoms with E-state index in [4.69, 9.17) is 26.5 Å². The molecule has 0 bridgehead atoms. The minimum Gasteiger partial charge on any atom is -0.497 e. The molecule has 0 saturated carbocycles. The lowest BCUT2D eigenvalue weighted by Gasteiger charge is -2.03. The quantitative estimate of drug-likeness (QED) is 0.908. The molecular weight excluding hydrogens is 240 g/mol. The molecule has 0 radical (unpaired) electrons. The predicted octanol–water partition coefficient (Wildman–Crippen LogP) is 2.50. The maximum absolute atomic E-state index is 6.14. The fourth-order valence-electron chi connectivity index (χ4n) is 1.50. The summed E-state index contributed by atoms with van der Waals surface area (Å²) in [6.45, 7) is 0.510. The zero-order valence-corrected chi connectivity index (χ0v) is 10.2. The Morgan fingerprint density at radius 2 is 2.29 bits per heavy atom. The van der Waals surface area contributed by atoms with E-state index in [1.54, 1.807) is 19.4 Å². The van der Waals surface area contributed by atoms with Gasteiger partial charge in [-0.05, 0) is 18.2 Å². The van der Waals surface area contributed by atoms with Gasteiger partial charge in [-0.3, -0.25) is 0 Å². The molecule has 0 fully saturated rings. The van der Waals surface area contributed by atoms with E-state index in [0.29, 0.717) is 35.3 Å². The second-order valence-corrected chi connectivity index (χ2v) is 3.92. The van der Waals surface area contributed by atoms with Crippen LogP contribution in [0, 0.1) is 0 Å². The molecule has 0 unspecified atom stereocenters. The number of hydrogen-bond acceptors (Lipinski definition) is 4. The minimum absolute atomic E-state index is 0.510. The Morgan fingerprint density at radius 3 is 2.94 bits per heavy atom. The van der Waals surface area contributed by atoms with E-state index >= 15 is 0 Å². The van der Waals surface area contributed by atoms with E-state index in [9.17, 15) is 0 Å². The van der Waals surface area contributed by atoms with Gasteiger partial charge >= 0.3 is 0 Å². The van der Waals surface area contributed by atoms with Gasteiger partial charge in [0.05, 0.1) is 12.1 Å². The molecule has 0 aliphatic rings. The van der Waals surface area contributed by atoms with E-state index < -0.39 is 0 Å². The van der Waals surface area contributed by atoms with Crippen molar-refractivity contribution in [1.82, 2.24) is 4.98 Å². The first kappa shape index (κ1) is 12.0. The van der Waals surface area contributed by atoms with Crippen LogP contribution in [0.5, 0.6) is 5.75 Å². The average molecular weight is 253 g/mol. The van der Waals surface area contributed by atoms with Crippen molar-refractivity contribution in [1.29, 1.82) is 0 Å². The average Bonchev–Trinajstić information content (AvgIpc) is 2.78. The van der Waals surface area contributed by atoms with Gasteiger partial charge in [0, 0.05) is 18.5 Å². The van der Waals surface area contributed by atoms with Gasteiger partial charge in [-0.25, -0.2) is 4.98 Å². The third kappa shape index (κ3) is 2.60. The molecule has 0 atom stereocenters. The molecule has 1 aromatic heterocycles. The largest absolute Gasteiger partial charge is 0.497 e. The number of hydrogen-bond donors (Lipinski definition) is 1. The molecule has 0 amide bonds. The number of oxazole rings is 1. The predicted molar refractivity (Wildman–Crippen MR) is 66.3 cm³/mol. The Balaban J connectivity index is 2.32. The zero-order chi connectivity index (χ0) is 12.3. The number of ether oxygens (including phenoxy) is 1. The van der Waals surface area contributed by atoms with Crippen LogP contribution in [0.2, 0.25) is 5.02 Å². The molecule has 0 aliphatic heterocycles. The smallest absolute Gasteiger partial charge is 0.195 e. The van der Waals surface area contributed by atoms with E-state index in [1.807, 2.05) is 12.1 Å². The Labute approximate surface area is 104 Å². The van der Waals surface area contributed by atoms with Gasteiger partial charge in [0.1, 0.15) is 17.7 Å². The van der Waals surface area contributed by atoms with Crippen molar-refractivity contribution >= 4 is 11.6 Å². The van der Waals surface area contributed by atoms with E-state index in [1.165, 1.54) is 0 Å². The number of benzene rings is 1. The highest BCUT2D eigenvalue weighted by Gasteiger charge is 2.10. The number of aromatic nitrogens is 1. The van der Waals surface area contributed by atoms with E-state index in [0.717, 1.165) is 5.56 Å². The van der Waals surface area contributed by atoms with Crippen molar-refractivity contribution in [3.8, 4) is 17.0 Å². The molecular formula is C12H13ClN2O2. The molecule has 0 spiro atoms. The van der Waals surface area contributed by atoms with Crippen LogP contribution in [-0.4, -0.2) is 18.6 Å². The Kier molecular flexibility index (Phi) is 3.66. The monoisotopic (exact) mass is 252 g/mol. The first-order chi connectivity index (χ1) is 8.24. The normalized spacial score (nSPS) is 10.5. The summed E-state index contributed by atoms with van der Waals surface area (Å²) in [5.41, 5.74) is 6.96. The van der Waals surface area contributed by atoms with Crippen molar-refractivity contribution < 1.29 is 9.15 Å². The highest BCUT2D eigenvalue weighted by molar-refractivity contribution is 6.33. The summed E-state index contributed by atoms with van der Waals surface area (Å²) in [5, 5.41) is 0.581. The van der Waals surface area contributed by atoms with Crippen molar-refractivity contribution in [3.05, 3.63) is 35.4 Å². The number of nitrogens with zero attached hydrogens (tertiary/aromatic N) is 1. The summed E-state index contributed by atoms with van der Waals surface area (Å²) in [4.78, 5) is 4.31. The maximum atomic E-state index is 6.14. The third-order valence-corrected chi connectivity index (χ3v) is 2.67. The first-order valence-corrected chi connectivity index (χ1v) is 5.60. The Morgan fingerprint density at radius 1 is 1.47 bits per heavy atom. The van der Waals surface area contributed by atoms with Crippen LogP contribution in [0.25, 0.3) is 11.3 Å². The van der Waals surface area contributed by atoms with Gasteiger partial charge < -0.3 is 14.9 Å². The van der Waals surface area contributed by atoms with Gasteiger partial charge in [-0.15, -0.1) is 0 Å².